The van der Waals surface area contributed by atoms with Crippen LogP contribution in [0.4, 0.5) is 0 Å². The van der Waals surface area contributed by atoms with Gasteiger partial charge in [0.2, 0.25) is 5.60 Å². The van der Waals surface area contributed by atoms with E-state index in [0.29, 0.717) is 11.1 Å². The molecule has 2 aromatic rings. The fourth-order valence-electron chi connectivity index (χ4n) is 3.02. The molecule has 0 aliphatic carbocycles. The Morgan fingerprint density at radius 3 is 2.42 bits per heavy atom. The number of ether oxygens (including phenoxy) is 2. The van der Waals surface area contributed by atoms with Crippen LogP contribution in [0.3, 0.4) is 0 Å². The number of hydrogen-bond donors (Lipinski definition) is 0. The summed E-state index contributed by atoms with van der Waals surface area (Å²) in [7, 11) is 0. The minimum absolute atomic E-state index is 0.167. The van der Waals surface area contributed by atoms with E-state index in [4.69, 9.17) is 9.47 Å². The summed E-state index contributed by atoms with van der Waals surface area (Å²) in [5.41, 5.74) is 1.91. The first-order valence-electron chi connectivity index (χ1n) is 8.36. The van der Waals surface area contributed by atoms with Crippen LogP contribution in [0.25, 0.3) is 0 Å². The number of hydrogen-bond acceptors (Lipinski definition) is 5. The van der Waals surface area contributed by atoms with Crippen LogP contribution in [0.5, 0.6) is 5.75 Å². The Morgan fingerprint density at radius 2 is 1.73 bits per heavy atom. The number of rotatable bonds is 3. The lowest BCUT2D eigenvalue weighted by Crippen LogP contribution is -2.48. The molecule has 0 fully saturated rings. The van der Waals surface area contributed by atoms with E-state index in [1.165, 1.54) is 13.8 Å². The molecule has 5 heteroatoms. The van der Waals surface area contributed by atoms with Gasteiger partial charge in [-0.2, -0.15) is 0 Å². The standard InChI is InChI=1S/C21H20O5/c1-12-5-7-15-11-21(4,26-19(23)17(15)10-12)20(24)25-18-8-6-13(2)9-16(18)14(3)22/h5-10H,11H2,1-4H3/t21-/m1/s1. The summed E-state index contributed by atoms with van der Waals surface area (Å²) < 4.78 is 10.9. The molecule has 1 aliphatic heterocycles. The van der Waals surface area contributed by atoms with E-state index in [2.05, 4.69) is 0 Å². The molecule has 134 valence electrons. The van der Waals surface area contributed by atoms with Crippen molar-refractivity contribution in [1.29, 1.82) is 0 Å². The van der Waals surface area contributed by atoms with Crippen LogP contribution in [0.2, 0.25) is 0 Å². The topological polar surface area (TPSA) is 69.7 Å². The summed E-state index contributed by atoms with van der Waals surface area (Å²) in [6, 6.07) is 10.5. The minimum Gasteiger partial charge on any atom is -0.443 e. The summed E-state index contributed by atoms with van der Waals surface area (Å²) in [6.45, 7) is 6.67. The normalized spacial score (nSPS) is 18.7. The van der Waals surface area contributed by atoms with E-state index < -0.39 is 17.5 Å². The van der Waals surface area contributed by atoms with Gasteiger partial charge in [0.25, 0.3) is 0 Å². The molecule has 0 saturated heterocycles. The first-order chi connectivity index (χ1) is 12.2. The number of carbonyl (C=O) groups is 3. The van der Waals surface area contributed by atoms with E-state index >= 15 is 0 Å². The third-order valence-electron chi connectivity index (χ3n) is 4.48. The SMILES string of the molecule is CC(=O)c1cc(C)ccc1OC(=O)[C@@]1(C)Cc2ccc(C)cc2C(=O)O1. The number of esters is 2. The van der Waals surface area contributed by atoms with Crippen molar-refractivity contribution < 1.29 is 23.9 Å². The van der Waals surface area contributed by atoms with E-state index in [1.807, 2.05) is 26.0 Å². The Bertz CT molecular complexity index is 928. The number of carbonyl (C=O) groups excluding carboxylic acids is 3. The van der Waals surface area contributed by atoms with Crippen molar-refractivity contribution in [1.82, 2.24) is 0 Å². The number of fused-ring (bicyclic) bond motifs is 1. The molecular weight excluding hydrogens is 332 g/mol. The van der Waals surface area contributed by atoms with Crippen LogP contribution in [0.15, 0.2) is 36.4 Å². The molecule has 0 N–H and O–H groups in total. The number of Topliss-reactive ketones (excluding diaryl/α,β-unsaturated/α-hetero) is 1. The number of ketones is 1. The number of benzene rings is 2. The maximum atomic E-state index is 12.8. The Kier molecular flexibility index (Phi) is 4.40. The molecule has 0 saturated carbocycles. The second kappa shape index (κ2) is 6.41. The molecule has 3 rings (SSSR count). The average molecular weight is 352 g/mol. The van der Waals surface area contributed by atoms with Crippen molar-refractivity contribution in [3.8, 4) is 5.75 Å². The zero-order valence-corrected chi connectivity index (χ0v) is 15.2. The summed E-state index contributed by atoms with van der Waals surface area (Å²) >= 11 is 0. The zero-order chi connectivity index (χ0) is 19.1. The van der Waals surface area contributed by atoms with Gasteiger partial charge in [-0.1, -0.05) is 29.3 Å². The summed E-state index contributed by atoms with van der Waals surface area (Å²) in [6.07, 6.45) is 0.217. The van der Waals surface area contributed by atoms with Gasteiger partial charge in [-0.05, 0) is 51.5 Å². The molecule has 0 unspecified atom stereocenters. The van der Waals surface area contributed by atoms with Crippen LogP contribution in [0.1, 0.15) is 51.3 Å². The zero-order valence-electron chi connectivity index (χ0n) is 15.2. The van der Waals surface area contributed by atoms with Gasteiger partial charge in [0.1, 0.15) is 5.75 Å². The molecule has 1 atom stereocenters. The first-order valence-corrected chi connectivity index (χ1v) is 8.36. The molecule has 0 spiro atoms. The largest absolute Gasteiger partial charge is 0.443 e. The Balaban J connectivity index is 1.90. The Labute approximate surface area is 151 Å². The highest BCUT2D eigenvalue weighted by Gasteiger charge is 2.44. The van der Waals surface area contributed by atoms with Gasteiger partial charge in [-0.15, -0.1) is 0 Å². The van der Waals surface area contributed by atoms with Crippen molar-refractivity contribution >= 4 is 17.7 Å². The lowest BCUT2D eigenvalue weighted by Gasteiger charge is -2.32. The maximum absolute atomic E-state index is 12.8. The third-order valence-corrected chi connectivity index (χ3v) is 4.48. The predicted molar refractivity (Wildman–Crippen MR) is 95.5 cm³/mol. The minimum atomic E-state index is -1.45. The van der Waals surface area contributed by atoms with Crippen molar-refractivity contribution in [3.05, 3.63) is 64.2 Å². The molecule has 5 nitrogen and oxygen atoms in total. The lowest BCUT2D eigenvalue weighted by molar-refractivity contribution is -0.155. The smallest absolute Gasteiger partial charge is 0.356 e. The molecule has 1 aliphatic rings. The summed E-state index contributed by atoms with van der Waals surface area (Å²) in [4.78, 5) is 36.9. The van der Waals surface area contributed by atoms with Crippen LogP contribution in [-0.2, 0) is 16.0 Å². The van der Waals surface area contributed by atoms with Crippen molar-refractivity contribution in [2.75, 3.05) is 0 Å². The van der Waals surface area contributed by atoms with Crippen molar-refractivity contribution in [3.63, 3.8) is 0 Å². The lowest BCUT2D eigenvalue weighted by atomic mass is 9.89. The second-order valence-electron chi connectivity index (χ2n) is 6.90. The predicted octanol–water partition coefficient (Wildman–Crippen LogP) is 3.58. The molecule has 0 amide bonds. The van der Waals surface area contributed by atoms with Crippen molar-refractivity contribution in [2.45, 2.75) is 39.7 Å². The molecule has 26 heavy (non-hydrogen) atoms. The fourth-order valence-corrected chi connectivity index (χ4v) is 3.02. The van der Waals surface area contributed by atoms with E-state index in [9.17, 15) is 14.4 Å². The third kappa shape index (κ3) is 3.25. The molecule has 0 bridgehead atoms. The molecule has 1 heterocycles. The van der Waals surface area contributed by atoms with Gasteiger partial charge in [-0.3, -0.25) is 4.79 Å². The summed E-state index contributed by atoms with van der Waals surface area (Å²) in [5.74, 6) is -1.29. The quantitative estimate of drug-likeness (QED) is 0.480. The maximum Gasteiger partial charge on any atom is 0.356 e. The average Bonchev–Trinajstić information content (AvgIpc) is 2.57. The monoisotopic (exact) mass is 352 g/mol. The number of cyclic esters (lactones) is 1. The summed E-state index contributed by atoms with van der Waals surface area (Å²) in [5, 5.41) is 0. The second-order valence-corrected chi connectivity index (χ2v) is 6.90. The molecular formula is C21H20O5. The van der Waals surface area contributed by atoms with E-state index in [-0.39, 0.29) is 18.0 Å². The van der Waals surface area contributed by atoms with Gasteiger partial charge >= 0.3 is 11.9 Å². The van der Waals surface area contributed by atoms with Crippen LogP contribution in [0, 0.1) is 13.8 Å². The van der Waals surface area contributed by atoms with E-state index in [1.54, 1.807) is 24.3 Å². The van der Waals surface area contributed by atoms with Crippen LogP contribution in [-0.4, -0.2) is 23.3 Å². The van der Waals surface area contributed by atoms with Crippen LogP contribution >= 0.6 is 0 Å². The Morgan fingerprint density at radius 1 is 1.08 bits per heavy atom. The van der Waals surface area contributed by atoms with E-state index in [0.717, 1.165) is 16.7 Å². The van der Waals surface area contributed by atoms with Gasteiger partial charge < -0.3 is 9.47 Å². The molecule has 2 aromatic carbocycles. The van der Waals surface area contributed by atoms with Crippen molar-refractivity contribution in [2.24, 2.45) is 0 Å². The molecule has 0 radical (unpaired) electrons. The van der Waals surface area contributed by atoms with Gasteiger partial charge in [0.05, 0.1) is 11.1 Å². The Hall–Kier alpha value is -2.95. The van der Waals surface area contributed by atoms with Gasteiger partial charge in [0, 0.05) is 6.42 Å². The van der Waals surface area contributed by atoms with Crippen LogP contribution < -0.4 is 4.74 Å². The van der Waals surface area contributed by atoms with Gasteiger partial charge in [0.15, 0.2) is 5.78 Å². The molecule has 0 aromatic heterocycles. The number of aryl methyl sites for hydroxylation is 2. The highest BCUT2D eigenvalue weighted by Crippen LogP contribution is 2.31. The fraction of sp³-hybridized carbons (Fsp3) is 0.286. The highest BCUT2D eigenvalue weighted by atomic mass is 16.6. The first kappa shape index (κ1) is 17.9. The highest BCUT2D eigenvalue weighted by molar-refractivity contribution is 5.99. The van der Waals surface area contributed by atoms with Gasteiger partial charge in [-0.25, -0.2) is 9.59 Å².